The molecule has 3 rings (SSSR count). The molecule has 1 heterocycles. The summed E-state index contributed by atoms with van der Waals surface area (Å²) in [6, 6.07) is 9.55. The van der Waals surface area contributed by atoms with Crippen molar-refractivity contribution in [2.45, 2.75) is 0 Å². The van der Waals surface area contributed by atoms with Crippen LogP contribution in [-0.2, 0) is 0 Å². The number of nitrogens with zero attached hydrogens (tertiary/aromatic N) is 2. The summed E-state index contributed by atoms with van der Waals surface area (Å²) in [5.41, 5.74) is 1.01. The summed E-state index contributed by atoms with van der Waals surface area (Å²) in [6.07, 6.45) is 0. The number of rotatable bonds is 1. The van der Waals surface area contributed by atoms with E-state index < -0.39 is 5.82 Å². The van der Waals surface area contributed by atoms with Crippen LogP contribution in [0.15, 0.2) is 36.4 Å². The second-order valence-electron chi connectivity index (χ2n) is 4.10. The zero-order valence-corrected chi connectivity index (χ0v) is 12.1. The molecule has 0 spiro atoms. The monoisotopic (exact) mass is 326 g/mol. The van der Waals surface area contributed by atoms with Crippen molar-refractivity contribution in [2.24, 2.45) is 0 Å². The molecule has 0 bridgehead atoms. The molecule has 20 heavy (non-hydrogen) atoms. The molecule has 0 N–H and O–H groups in total. The highest BCUT2D eigenvalue weighted by molar-refractivity contribution is 6.36. The van der Waals surface area contributed by atoms with E-state index in [4.69, 9.17) is 34.8 Å². The molecule has 2 nitrogen and oxygen atoms in total. The number of benzene rings is 2. The molecule has 1 aromatic heterocycles. The van der Waals surface area contributed by atoms with Crippen molar-refractivity contribution < 1.29 is 4.39 Å². The Morgan fingerprint density at radius 1 is 0.950 bits per heavy atom. The summed E-state index contributed by atoms with van der Waals surface area (Å²) in [7, 11) is 0. The van der Waals surface area contributed by atoms with E-state index in [0.717, 1.165) is 0 Å². The second kappa shape index (κ2) is 5.17. The van der Waals surface area contributed by atoms with Crippen LogP contribution in [-0.4, -0.2) is 9.97 Å². The average Bonchev–Trinajstić information content (AvgIpc) is 2.42. The summed E-state index contributed by atoms with van der Waals surface area (Å²) in [5.74, 6) is -0.255. The summed E-state index contributed by atoms with van der Waals surface area (Å²) in [5, 5.41) is 1.39. The third-order valence-electron chi connectivity index (χ3n) is 2.80. The Labute approximate surface area is 129 Å². The predicted molar refractivity (Wildman–Crippen MR) is 80.0 cm³/mol. The lowest BCUT2D eigenvalue weighted by molar-refractivity contribution is 0.628. The maximum absolute atomic E-state index is 13.5. The molecule has 0 aliphatic carbocycles. The number of halogens is 4. The van der Waals surface area contributed by atoms with E-state index in [-0.39, 0.29) is 16.0 Å². The Morgan fingerprint density at radius 3 is 2.55 bits per heavy atom. The molecule has 0 aliphatic heterocycles. The predicted octanol–water partition coefficient (Wildman–Crippen LogP) is 5.40. The first-order chi connectivity index (χ1) is 9.56. The van der Waals surface area contributed by atoms with Gasteiger partial charge in [-0.3, -0.25) is 0 Å². The SMILES string of the molecule is Fc1cccc(-c2nc(Cl)c3cc(Cl)ccc3n2)c1Cl. The lowest BCUT2D eigenvalue weighted by atomic mass is 10.2. The normalized spacial score (nSPS) is 11.0. The van der Waals surface area contributed by atoms with Crippen LogP contribution in [0.3, 0.4) is 0 Å². The van der Waals surface area contributed by atoms with Gasteiger partial charge in [-0.15, -0.1) is 0 Å². The molecule has 0 aliphatic rings. The smallest absolute Gasteiger partial charge is 0.163 e. The Bertz CT molecular complexity index is 821. The lowest BCUT2D eigenvalue weighted by Gasteiger charge is -2.07. The van der Waals surface area contributed by atoms with E-state index in [2.05, 4.69) is 9.97 Å². The Kier molecular flexibility index (Phi) is 3.50. The molecule has 6 heteroatoms. The molecule has 0 saturated heterocycles. The summed E-state index contributed by atoms with van der Waals surface area (Å²) in [6.45, 7) is 0. The van der Waals surface area contributed by atoms with Gasteiger partial charge in [0.1, 0.15) is 11.0 Å². The van der Waals surface area contributed by atoms with E-state index >= 15 is 0 Å². The van der Waals surface area contributed by atoms with Gasteiger partial charge in [-0.2, -0.15) is 0 Å². The van der Waals surface area contributed by atoms with Gasteiger partial charge in [-0.1, -0.05) is 40.9 Å². The summed E-state index contributed by atoms with van der Waals surface area (Å²) in [4.78, 5) is 8.50. The Hall–Kier alpha value is -1.42. The van der Waals surface area contributed by atoms with Crippen molar-refractivity contribution in [2.75, 3.05) is 0 Å². The van der Waals surface area contributed by atoms with Gasteiger partial charge in [-0.25, -0.2) is 14.4 Å². The molecule has 0 saturated carbocycles. The van der Waals surface area contributed by atoms with Gasteiger partial charge >= 0.3 is 0 Å². The highest BCUT2D eigenvalue weighted by Gasteiger charge is 2.13. The highest BCUT2D eigenvalue weighted by Crippen LogP contribution is 2.31. The number of hydrogen-bond donors (Lipinski definition) is 0. The molecular formula is C14H6Cl3FN2. The largest absolute Gasteiger partial charge is 0.228 e. The quantitative estimate of drug-likeness (QED) is 0.560. The molecule has 0 unspecified atom stereocenters. The van der Waals surface area contributed by atoms with Crippen LogP contribution in [0.5, 0.6) is 0 Å². The van der Waals surface area contributed by atoms with Gasteiger partial charge in [-0.05, 0) is 30.3 Å². The Balaban J connectivity index is 2.28. The molecule has 0 fully saturated rings. The Morgan fingerprint density at radius 2 is 1.75 bits per heavy atom. The molecule has 100 valence electrons. The van der Waals surface area contributed by atoms with Crippen molar-refractivity contribution in [1.82, 2.24) is 9.97 Å². The van der Waals surface area contributed by atoms with Crippen LogP contribution in [0.2, 0.25) is 15.2 Å². The van der Waals surface area contributed by atoms with E-state index in [0.29, 0.717) is 21.5 Å². The fourth-order valence-corrected chi connectivity index (χ4v) is 2.47. The minimum absolute atomic E-state index is 0.0307. The van der Waals surface area contributed by atoms with E-state index in [1.807, 2.05) is 0 Å². The maximum atomic E-state index is 13.5. The standard InChI is InChI=1S/C14H6Cl3FN2/c15-7-4-5-11-9(6-7)13(17)20-14(19-11)8-2-1-3-10(18)12(8)16/h1-6H. The average molecular weight is 328 g/mol. The molecule has 3 aromatic rings. The van der Waals surface area contributed by atoms with Crippen molar-refractivity contribution in [1.29, 1.82) is 0 Å². The molecule has 0 atom stereocenters. The van der Waals surface area contributed by atoms with Gasteiger partial charge in [0.25, 0.3) is 0 Å². The van der Waals surface area contributed by atoms with Crippen LogP contribution >= 0.6 is 34.8 Å². The van der Waals surface area contributed by atoms with Gasteiger partial charge < -0.3 is 0 Å². The number of aromatic nitrogens is 2. The minimum atomic E-state index is -0.528. The number of fused-ring (bicyclic) bond motifs is 1. The zero-order chi connectivity index (χ0) is 14.3. The van der Waals surface area contributed by atoms with Crippen molar-refractivity contribution in [3.05, 3.63) is 57.4 Å². The van der Waals surface area contributed by atoms with Gasteiger partial charge in [0.05, 0.1) is 10.5 Å². The summed E-state index contributed by atoms with van der Waals surface area (Å²) >= 11 is 18.0. The van der Waals surface area contributed by atoms with Crippen LogP contribution < -0.4 is 0 Å². The van der Waals surface area contributed by atoms with Gasteiger partial charge in [0.15, 0.2) is 5.82 Å². The third-order valence-corrected chi connectivity index (χ3v) is 3.71. The maximum Gasteiger partial charge on any atom is 0.163 e. The fraction of sp³-hybridized carbons (Fsp3) is 0. The van der Waals surface area contributed by atoms with Crippen LogP contribution in [0.25, 0.3) is 22.3 Å². The van der Waals surface area contributed by atoms with E-state index in [1.165, 1.54) is 6.07 Å². The first kappa shape index (κ1) is 13.6. The van der Waals surface area contributed by atoms with Crippen molar-refractivity contribution in [3.8, 4) is 11.4 Å². The molecular weight excluding hydrogens is 322 g/mol. The van der Waals surface area contributed by atoms with Crippen molar-refractivity contribution in [3.63, 3.8) is 0 Å². The lowest BCUT2D eigenvalue weighted by Crippen LogP contribution is -1.93. The highest BCUT2D eigenvalue weighted by atomic mass is 35.5. The van der Waals surface area contributed by atoms with Crippen LogP contribution in [0.4, 0.5) is 4.39 Å². The van der Waals surface area contributed by atoms with Crippen molar-refractivity contribution >= 4 is 45.7 Å². The first-order valence-electron chi connectivity index (χ1n) is 5.63. The molecule has 0 radical (unpaired) electrons. The topological polar surface area (TPSA) is 25.8 Å². The van der Waals surface area contributed by atoms with Gasteiger partial charge in [0.2, 0.25) is 0 Å². The second-order valence-corrected chi connectivity index (χ2v) is 5.27. The summed E-state index contributed by atoms with van der Waals surface area (Å²) < 4.78 is 13.5. The van der Waals surface area contributed by atoms with E-state index in [9.17, 15) is 4.39 Å². The molecule has 2 aromatic carbocycles. The van der Waals surface area contributed by atoms with Crippen LogP contribution in [0, 0.1) is 5.82 Å². The third kappa shape index (κ3) is 2.33. The minimum Gasteiger partial charge on any atom is -0.228 e. The van der Waals surface area contributed by atoms with Crippen LogP contribution in [0.1, 0.15) is 0 Å². The fourth-order valence-electron chi connectivity index (χ4n) is 1.86. The van der Waals surface area contributed by atoms with Gasteiger partial charge in [0, 0.05) is 16.0 Å². The van der Waals surface area contributed by atoms with E-state index in [1.54, 1.807) is 30.3 Å². The molecule has 0 amide bonds. The zero-order valence-electron chi connectivity index (χ0n) is 9.87. The first-order valence-corrected chi connectivity index (χ1v) is 6.77. The number of hydrogen-bond acceptors (Lipinski definition) is 2.